The number of halogens is 2. The molecule has 0 saturated heterocycles. The summed E-state index contributed by atoms with van der Waals surface area (Å²) in [5, 5.41) is 0.617. The number of benzene rings is 2. The molecule has 1 atom stereocenters. The molecule has 108 valence electrons. The van der Waals surface area contributed by atoms with Gasteiger partial charge in [0, 0.05) is 22.4 Å². The van der Waals surface area contributed by atoms with Crippen molar-refractivity contribution in [2.24, 2.45) is 4.99 Å². The minimum Gasteiger partial charge on any atom is -0.497 e. The lowest BCUT2D eigenvalue weighted by Gasteiger charge is -2.23. The highest BCUT2D eigenvalue weighted by atomic mass is 35.5. The van der Waals surface area contributed by atoms with Crippen LogP contribution in [0.1, 0.15) is 11.1 Å². The molecule has 1 heterocycles. The third-order valence-electron chi connectivity index (χ3n) is 3.53. The summed E-state index contributed by atoms with van der Waals surface area (Å²) < 4.78 is 10.7. The van der Waals surface area contributed by atoms with E-state index in [0.717, 1.165) is 16.8 Å². The van der Waals surface area contributed by atoms with Crippen LogP contribution in [0, 0.1) is 0 Å². The van der Waals surface area contributed by atoms with Crippen LogP contribution in [0.4, 0.5) is 5.69 Å². The van der Waals surface area contributed by atoms with E-state index < -0.39 is 4.87 Å². The van der Waals surface area contributed by atoms with Gasteiger partial charge in [0.15, 0.2) is 0 Å². The molecule has 2 aromatic carbocycles. The Morgan fingerprint density at radius 2 is 1.81 bits per heavy atom. The first-order chi connectivity index (χ1) is 10.1. The van der Waals surface area contributed by atoms with E-state index in [-0.39, 0.29) is 0 Å². The highest BCUT2D eigenvalue weighted by Crippen LogP contribution is 2.49. The van der Waals surface area contributed by atoms with E-state index in [0.29, 0.717) is 16.5 Å². The van der Waals surface area contributed by atoms with Crippen LogP contribution in [0.25, 0.3) is 0 Å². The summed E-state index contributed by atoms with van der Waals surface area (Å²) in [6.45, 7) is 0. The molecule has 0 aromatic heterocycles. The van der Waals surface area contributed by atoms with Crippen molar-refractivity contribution in [2.45, 2.75) is 4.87 Å². The molecule has 0 radical (unpaired) electrons. The fraction of sp³-hybridized carbons (Fsp3) is 0.188. The largest absolute Gasteiger partial charge is 0.497 e. The summed E-state index contributed by atoms with van der Waals surface area (Å²) in [6, 6.07) is 11.0. The lowest BCUT2D eigenvalue weighted by Crippen LogP contribution is -2.20. The normalized spacial score (nSPS) is 19.4. The fourth-order valence-electron chi connectivity index (χ4n) is 2.45. The maximum Gasteiger partial charge on any atom is 0.135 e. The SMILES string of the molecule is COc1ccc(OC)c(C2(Cl)C=Nc3ccc(Cl)cc32)c1. The minimum atomic E-state index is -0.917. The molecule has 0 bridgehead atoms. The Labute approximate surface area is 133 Å². The molecular weight excluding hydrogens is 309 g/mol. The van der Waals surface area contributed by atoms with E-state index in [1.165, 1.54) is 0 Å². The van der Waals surface area contributed by atoms with Crippen molar-refractivity contribution >= 4 is 35.1 Å². The van der Waals surface area contributed by atoms with Gasteiger partial charge in [-0.05, 0) is 36.4 Å². The number of rotatable bonds is 3. The van der Waals surface area contributed by atoms with Crippen LogP contribution in [0.15, 0.2) is 41.4 Å². The van der Waals surface area contributed by atoms with Crippen molar-refractivity contribution in [3.63, 3.8) is 0 Å². The molecule has 3 rings (SSSR count). The molecule has 1 aliphatic heterocycles. The quantitative estimate of drug-likeness (QED) is 0.776. The molecule has 1 unspecified atom stereocenters. The Bertz CT molecular complexity index is 730. The third kappa shape index (κ3) is 2.27. The molecule has 21 heavy (non-hydrogen) atoms. The maximum atomic E-state index is 6.87. The number of hydrogen-bond donors (Lipinski definition) is 0. The van der Waals surface area contributed by atoms with Gasteiger partial charge in [-0.2, -0.15) is 0 Å². The molecule has 3 nitrogen and oxygen atoms in total. The average molecular weight is 322 g/mol. The van der Waals surface area contributed by atoms with Gasteiger partial charge >= 0.3 is 0 Å². The number of hydrogen-bond acceptors (Lipinski definition) is 3. The molecule has 2 aromatic rings. The van der Waals surface area contributed by atoms with E-state index in [2.05, 4.69) is 4.99 Å². The van der Waals surface area contributed by atoms with Crippen molar-refractivity contribution in [3.8, 4) is 11.5 Å². The van der Waals surface area contributed by atoms with Gasteiger partial charge in [-0.3, -0.25) is 4.99 Å². The van der Waals surface area contributed by atoms with Crippen molar-refractivity contribution in [1.29, 1.82) is 0 Å². The van der Waals surface area contributed by atoms with Gasteiger partial charge in [-0.25, -0.2) is 0 Å². The standard InChI is InChI=1S/C16H13Cl2NO2/c1-20-11-4-6-15(21-2)13(8-11)16(18)9-19-14-5-3-10(17)7-12(14)16/h3-9H,1-2H3. The lowest BCUT2D eigenvalue weighted by atomic mass is 9.91. The first-order valence-electron chi connectivity index (χ1n) is 6.35. The first kappa shape index (κ1) is 14.2. The van der Waals surface area contributed by atoms with Crippen LogP contribution in [0.2, 0.25) is 5.02 Å². The lowest BCUT2D eigenvalue weighted by molar-refractivity contribution is 0.398. The first-order valence-corrected chi connectivity index (χ1v) is 7.11. The van der Waals surface area contributed by atoms with Crippen molar-refractivity contribution in [2.75, 3.05) is 14.2 Å². The Kier molecular flexibility index (Phi) is 3.56. The van der Waals surface area contributed by atoms with Gasteiger partial charge in [0.25, 0.3) is 0 Å². The number of fused-ring (bicyclic) bond motifs is 1. The molecule has 0 amide bonds. The fourth-order valence-corrected chi connectivity index (χ4v) is 2.97. The summed E-state index contributed by atoms with van der Waals surface area (Å²) in [5.41, 5.74) is 2.42. The zero-order valence-corrected chi connectivity index (χ0v) is 13.1. The second-order valence-electron chi connectivity index (χ2n) is 4.70. The van der Waals surface area contributed by atoms with E-state index in [4.69, 9.17) is 32.7 Å². The second-order valence-corrected chi connectivity index (χ2v) is 5.73. The number of ether oxygens (including phenoxy) is 2. The van der Waals surface area contributed by atoms with Gasteiger partial charge in [0.1, 0.15) is 16.4 Å². The van der Waals surface area contributed by atoms with Crippen LogP contribution in [0.5, 0.6) is 11.5 Å². The Morgan fingerprint density at radius 3 is 2.52 bits per heavy atom. The molecule has 0 fully saturated rings. The van der Waals surface area contributed by atoms with Gasteiger partial charge < -0.3 is 9.47 Å². The van der Waals surface area contributed by atoms with E-state index in [1.807, 2.05) is 30.3 Å². The van der Waals surface area contributed by atoms with E-state index in [1.54, 1.807) is 26.5 Å². The zero-order valence-electron chi connectivity index (χ0n) is 11.6. The molecule has 5 heteroatoms. The van der Waals surface area contributed by atoms with Crippen LogP contribution in [0.3, 0.4) is 0 Å². The number of alkyl halides is 1. The summed E-state index contributed by atoms with van der Waals surface area (Å²) in [7, 11) is 3.22. The predicted molar refractivity (Wildman–Crippen MR) is 85.8 cm³/mol. The van der Waals surface area contributed by atoms with Gasteiger partial charge in [-0.1, -0.05) is 11.6 Å². The van der Waals surface area contributed by atoms with E-state index >= 15 is 0 Å². The molecule has 1 aliphatic rings. The molecular formula is C16H13Cl2NO2. The Hall–Kier alpha value is -1.71. The zero-order chi connectivity index (χ0) is 15.0. The molecule has 0 saturated carbocycles. The highest BCUT2D eigenvalue weighted by Gasteiger charge is 2.39. The monoisotopic (exact) mass is 321 g/mol. The van der Waals surface area contributed by atoms with Crippen molar-refractivity contribution in [3.05, 3.63) is 52.5 Å². The summed E-state index contributed by atoms with van der Waals surface area (Å²) in [4.78, 5) is 3.47. The smallest absolute Gasteiger partial charge is 0.135 e. The van der Waals surface area contributed by atoms with Crippen LogP contribution in [-0.2, 0) is 4.87 Å². The highest BCUT2D eigenvalue weighted by molar-refractivity contribution is 6.37. The Morgan fingerprint density at radius 1 is 1.00 bits per heavy atom. The molecule has 0 aliphatic carbocycles. The summed E-state index contributed by atoms with van der Waals surface area (Å²) in [6.07, 6.45) is 1.70. The summed E-state index contributed by atoms with van der Waals surface area (Å²) in [5.74, 6) is 1.37. The van der Waals surface area contributed by atoms with Crippen molar-refractivity contribution < 1.29 is 9.47 Å². The second kappa shape index (κ2) is 5.24. The van der Waals surface area contributed by atoms with Crippen molar-refractivity contribution in [1.82, 2.24) is 0 Å². The predicted octanol–water partition coefficient (Wildman–Crippen LogP) is 4.56. The summed E-state index contributed by atoms with van der Waals surface area (Å²) >= 11 is 13.0. The molecule has 0 spiro atoms. The van der Waals surface area contributed by atoms with E-state index in [9.17, 15) is 0 Å². The van der Waals surface area contributed by atoms with Crippen LogP contribution >= 0.6 is 23.2 Å². The van der Waals surface area contributed by atoms with Crippen LogP contribution < -0.4 is 9.47 Å². The van der Waals surface area contributed by atoms with Gasteiger partial charge in [-0.15, -0.1) is 11.6 Å². The maximum absolute atomic E-state index is 6.87. The number of nitrogens with zero attached hydrogens (tertiary/aromatic N) is 1. The molecule has 0 N–H and O–H groups in total. The van der Waals surface area contributed by atoms with Gasteiger partial charge in [0.2, 0.25) is 0 Å². The average Bonchev–Trinajstić information content (AvgIpc) is 2.84. The topological polar surface area (TPSA) is 30.8 Å². The third-order valence-corrected chi connectivity index (χ3v) is 4.27. The Balaban J connectivity index is 2.22. The number of aliphatic imine (C=N–C) groups is 1. The number of methoxy groups -OCH3 is 2. The van der Waals surface area contributed by atoms with Gasteiger partial charge in [0.05, 0.1) is 19.9 Å². The minimum absolute atomic E-state index is 0.617. The van der Waals surface area contributed by atoms with Crippen LogP contribution in [-0.4, -0.2) is 20.4 Å².